The molecule has 0 atom stereocenters. The van der Waals surface area contributed by atoms with Gasteiger partial charge >= 0.3 is 5.69 Å². The van der Waals surface area contributed by atoms with Gasteiger partial charge in [0.1, 0.15) is 6.33 Å². The number of hydrogen-bond donors (Lipinski definition) is 3. The van der Waals surface area contributed by atoms with Crippen molar-refractivity contribution in [1.29, 1.82) is 0 Å². The number of pyridine rings is 1. The van der Waals surface area contributed by atoms with Gasteiger partial charge in [-0.25, -0.2) is 9.97 Å². The lowest BCUT2D eigenvalue weighted by molar-refractivity contribution is -0.383. The van der Waals surface area contributed by atoms with Crippen molar-refractivity contribution in [2.75, 3.05) is 10.7 Å². The number of carbonyl (C=O) groups excluding carboxylic acids is 1. The Bertz CT molecular complexity index is 1000. The summed E-state index contributed by atoms with van der Waals surface area (Å²) in [6, 6.07) is 8.84. The average Bonchev–Trinajstić information content (AvgIpc) is 2.65. The lowest BCUT2D eigenvalue weighted by Crippen LogP contribution is -2.30. The van der Waals surface area contributed by atoms with Gasteiger partial charge in [-0.15, -0.1) is 0 Å². The first-order valence-electron chi connectivity index (χ1n) is 8.25. The normalized spacial score (nSPS) is 10.2. The monoisotopic (exact) mass is 379 g/mol. The van der Waals surface area contributed by atoms with Crippen molar-refractivity contribution in [2.24, 2.45) is 0 Å². The number of nitrogens with one attached hydrogen (secondary N) is 3. The average molecular weight is 379 g/mol. The molecule has 1 amide bonds. The Hall–Kier alpha value is -4.08. The highest BCUT2D eigenvalue weighted by atomic mass is 16.6. The Morgan fingerprint density at radius 3 is 2.46 bits per heavy atom. The Labute approximate surface area is 160 Å². The van der Waals surface area contributed by atoms with Crippen LogP contribution in [0.25, 0.3) is 0 Å². The summed E-state index contributed by atoms with van der Waals surface area (Å²) in [6.45, 7) is 3.85. The van der Waals surface area contributed by atoms with Crippen molar-refractivity contribution < 1.29 is 9.72 Å². The van der Waals surface area contributed by atoms with Gasteiger partial charge in [0.25, 0.3) is 5.91 Å². The van der Waals surface area contributed by atoms with E-state index in [9.17, 15) is 14.9 Å². The number of nitro groups is 1. The Kier molecular flexibility index (Phi) is 5.40. The molecule has 0 saturated heterocycles. The summed E-state index contributed by atoms with van der Waals surface area (Å²) in [7, 11) is 0. The van der Waals surface area contributed by atoms with Crippen molar-refractivity contribution in [1.82, 2.24) is 20.4 Å². The highest BCUT2D eigenvalue weighted by molar-refractivity contribution is 5.94. The number of hydrazine groups is 1. The maximum absolute atomic E-state index is 12.1. The summed E-state index contributed by atoms with van der Waals surface area (Å²) in [5.41, 5.74) is 7.41. The van der Waals surface area contributed by atoms with Gasteiger partial charge in [-0.05, 0) is 49.2 Å². The minimum atomic E-state index is -0.621. The predicted octanol–water partition coefficient (Wildman–Crippen LogP) is 2.90. The Balaban J connectivity index is 1.85. The van der Waals surface area contributed by atoms with Crippen molar-refractivity contribution in [3.63, 3.8) is 0 Å². The largest absolute Gasteiger partial charge is 0.355 e. The summed E-state index contributed by atoms with van der Waals surface area (Å²) in [4.78, 5) is 34.8. The van der Waals surface area contributed by atoms with Crippen LogP contribution in [0.3, 0.4) is 0 Å². The quantitative estimate of drug-likeness (QED) is 0.439. The summed E-state index contributed by atoms with van der Waals surface area (Å²) in [6.07, 6.45) is 4.07. The van der Waals surface area contributed by atoms with Crippen LogP contribution in [0, 0.1) is 24.0 Å². The molecule has 2 heterocycles. The van der Waals surface area contributed by atoms with E-state index in [2.05, 4.69) is 31.1 Å². The molecule has 0 radical (unpaired) electrons. The third-order valence-corrected chi connectivity index (χ3v) is 3.71. The lowest BCUT2D eigenvalue weighted by Gasteiger charge is -2.11. The number of aromatic nitrogens is 3. The van der Waals surface area contributed by atoms with Crippen LogP contribution >= 0.6 is 0 Å². The topological polar surface area (TPSA) is 135 Å². The predicted molar refractivity (Wildman–Crippen MR) is 103 cm³/mol. The number of aryl methyl sites for hydroxylation is 2. The molecule has 0 bridgehead atoms. The van der Waals surface area contributed by atoms with E-state index >= 15 is 0 Å². The minimum Gasteiger partial charge on any atom is -0.334 e. The maximum Gasteiger partial charge on any atom is 0.355 e. The molecular weight excluding hydrogens is 362 g/mol. The zero-order valence-corrected chi connectivity index (χ0v) is 15.1. The lowest BCUT2D eigenvalue weighted by atomic mass is 10.1. The van der Waals surface area contributed by atoms with Crippen molar-refractivity contribution in [3.05, 3.63) is 75.9 Å². The highest BCUT2D eigenvalue weighted by Gasteiger charge is 2.24. The van der Waals surface area contributed by atoms with Gasteiger partial charge in [-0.3, -0.25) is 30.7 Å². The van der Waals surface area contributed by atoms with Crippen LogP contribution in [0.15, 0.2) is 49.1 Å². The zero-order valence-electron chi connectivity index (χ0n) is 15.1. The van der Waals surface area contributed by atoms with Gasteiger partial charge < -0.3 is 5.32 Å². The summed E-state index contributed by atoms with van der Waals surface area (Å²) in [5.74, 6) is -0.655. The second kappa shape index (κ2) is 8.08. The fraction of sp³-hybridized carbons (Fsp3) is 0.111. The molecule has 0 aliphatic carbocycles. The van der Waals surface area contributed by atoms with Crippen LogP contribution in [-0.4, -0.2) is 25.8 Å². The van der Waals surface area contributed by atoms with E-state index in [0.29, 0.717) is 11.3 Å². The molecule has 2 aromatic heterocycles. The summed E-state index contributed by atoms with van der Waals surface area (Å²) in [5, 5.41) is 14.5. The number of benzene rings is 1. The molecule has 3 N–H and O–H groups in total. The number of rotatable bonds is 6. The molecule has 0 unspecified atom stereocenters. The van der Waals surface area contributed by atoms with Gasteiger partial charge in [0, 0.05) is 18.1 Å². The van der Waals surface area contributed by atoms with Crippen molar-refractivity contribution in [3.8, 4) is 0 Å². The molecule has 10 nitrogen and oxygen atoms in total. The van der Waals surface area contributed by atoms with E-state index in [1.807, 2.05) is 32.0 Å². The van der Waals surface area contributed by atoms with Crippen molar-refractivity contribution >= 4 is 28.9 Å². The fourth-order valence-corrected chi connectivity index (χ4v) is 2.60. The number of amides is 1. The van der Waals surface area contributed by atoms with E-state index in [-0.39, 0.29) is 11.6 Å². The van der Waals surface area contributed by atoms with Gasteiger partial charge in [-0.2, -0.15) is 0 Å². The first-order valence-corrected chi connectivity index (χ1v) is 8.25. The molecule has 10 heteroatoms. The smallest absolute Gasteiger partial charge is 0.334 e. The van der Waals surface area contributed by atoms with Gasteiger partial charge in [0.05, 0.1) is 10.5 Å². The molecule has 0 saturated carbocycles. The number of carbonyl (C=O) groups is 1. The molecule has 28 heavy (non-hydrogen) atoms. The Morgan fingerprint density at radius 1 is 1.11 bits per heavy atom. The van der Waals surface area contributed by atoms with Crippen molar-refractivity contribution in [2.45, 2.75) is 13.8 Å². The first kappa shape index (κ1) is 18.7. The third-order valence-electron chi connectivity index (χ3n) is 3.71. The highest BCUT2D eigenvalue weighted by Crippen LogP contribution is 2.31. The molecule has 142 valence electrons. The molecular formula is C18H17N7O3. The fourth-order valence-electron chi connectivity index (χ4n) is 2.60. The van der Waals surface area contributed by atoms with Crippen LogP contribution in [0.2, 0.25) is 0 Å². The third kappa shape index (κ3) is 4.36. The van der Waals surface area contributed by atoms with E-state index in [0.717, 1.165) is 17.5 Å². The maximum atomic E-state index is 12.1. The standard InChI is InChI=1S/C18H17N7O3/c1-11-6-12(2)8-14(7-11)22-16-15(25(27)28)17(21-10-20-16)23-24-18(26)13-4-3-5-19-9-13/h3-10H,1-2H3,(H,24,26)(H2,20,21,22,23). The van der Waals surface area contributed by atoms with Crippen LogP contribution in [0.4, 0.5) is 23.0 Å². The second-order valence-corrected chi connectivity index (χ2v) is 6.00. The van der Waals surface area contributed by atoms with Crippen LogP contribution in [-0.2, 0) is 0 Å². The molecule has 0 spiro atoms. The zero-order chi connectivity index (χ0) is 20.1. The van der Waals surface area contributed by atoms with Crippen LogP contribution in [0.1, 0.15) is 21.5 Å². The molecule has 0 fully saturated rings. The number of hydrogen-bond acceptors (Lipinski definition) is 8. The first-order chi connectivity index (χ1) is 13.4. The minimum absolute atomic E-state index is 0.00290. The van der Waals surface area contributed by atoms with Gasteiger partial charge in [-0.1, -0.05) is 6.07 Å². The molecule has 3 aromatic rings. The van der Waals surface area contributed by atoms with Gasteiger partial charge in [0.15, 0.2) is 0 Å². The molecule has 0 aliphatic rings. The van der Waals surface area contributed by atoms with E-state index in [4.69, 9.17) is 0 Å². The number of anilines is 3. The molecule has 1 aromatic carbocycles. The van der Waals surface area contributed by atoms with E-state index in [1.165, 1.54) is 12.4 Å². The SMILES string of the molecule is Cc1cc(C)cc(Nc2ncnc(NNC(=O)c3cccnc3)c2[N+](=O)[O-])c1. The molecule has 3 rings (SSSR count). The van der Waals surface area contributed by atoms with Crippen LogP contribution in [0.5, 0.6) is 0 Å². The number of nitrogens with zero attached hydrogens (tertiary/aromatic N) is 4. The second-order valence-electron chi connectivity index (χ2n) is 6.00. The van der Waals surface area contributed by atoms with E-state index < -0.39 is 16.5 Å². The Morgan fingerprint density at radius 2 is 1.82 bits per heavy atom. The molecule has 0 aliphatic heterocycles. The van der Waals surface area contributed by atoms with E-state index in [1.54, 1.807) is 12.1 Å². The van der Waals surface area contributed by atoms with Crippen LogP contribution < -0.4 is 16.2 Å². The van der Waals surface area contributed by atoms with Gasteiger partial charge in [0.2, 0.25) is 11.6 Å². The summed E-state index contributed by atoms with van der Waals surface area (Å²) < 4.78 is 0. The summed E-state index contributed by atoms with van der Waals surface area (Å²) >= 11 is 0.